The van der Waals surface area contributed by atoms with Crippen molar-refractivity contribution < 1.29 is 19.1 Å². The zero-order chi connectivity index (χ0) is 20.3. The minimum atomic E-state index is -1.20. The molecule has 0 saturated carbocycles. The van der Waals surface area contributed by atoms with Gasteiger partial charge < -0.3 is 9.64 Å². The van der Waals surface area contributed by atoms with Gasteiger partial charge in [0.2, 0.25) is 5.91 Å². The van der Waals surface area contributed by atoms with Crippen LogP contribution in [0.5, 0.6) is 5.75 Å². The Labute approximate surface area is 162 Å². The van der Waals surface area contributed by atoms with Gasteiger partial charge in [0.05, 0.1) is 18.5 Å². The maximum Gasteiger partial charge on any atom is 0.335 e. The molecule has 28 heavy (non-hydrogen) atoms. The van der Waals surface area contributed by atoms with Crippen LogP contribution in [0.2, 0.25) is 0 Å². The van der Waals surface area contributed by atoms with E-state index in [-0.39, 0.29) is 0 Å². The van der Waals surface area contributed by atoms with Crippen LogP contribution in [0.1, 0.15) is 0 Å². The van der Waals surface area contributed by atoms with E-state index in [0.29, 0.717) is 17.1 Å². The molecule has 2 aromatic rings. The molecule has 0 radical (unpaired) electrons. The summed E-state index contributed by atoms with van der Waals surface area (Å²) in [7, 11) is 5.37. The lowest BCUT2D eigenvalue weighted by atomic mass is 10.1. The first-order chi connectivity index (χ1) is 13.4. The predicted octanol–water partition coefficient (Wildman–Crippen LogP) is 2.36. The van der Waals surface area contributed by atoms with Crippen molar-refractivity contribution in [1.29, 1.82) is 0 Å². The number of hydrogen-bond donors (Lipinski definition) is 1. The Bertz CT molecular complexity index is 920. The fourth-order valence-corrected chi connectivity index (χ4v) is 2.70. The van der Waals surface area contributed by atoms with Gasteiger partial charge in [-0.1, -0.05) is 0 Å². The van der Waals surface area contributed by atoms with Gasteiger partial charge in [-0.2, -0.15) is 0 Å². The van der Waals surface area contributed by atoms with E-state index in [0.717, 1.165) is 10.6 Å². The highest BCUT2D eigenvalue weighted by Crippen LogP contribution is 2.24. The molecule has 4 amide bonds. The maximum absolute atomic E-state index is 12.8. The third-order valence-electron chi connectivity index (χ3n) is 4.27. The zero-order valence-electron chi connectivity index (χ0n) is 15.7. The van der Waals surface area contributed by atoms with Crippen LogP contribution < -0.4 is 19.9 Å². The van der Waals surface area contributed by atoms with Gasteiger partial charge >= 0.3 is 6.03 Å². The van der Waals surface area contributed by atoms with E-state index in [1.165, 1.54) is 13.3 Å². The van der Waals surface area contributed by atoms with E-state index in [1.54, 1.807) is 36.4 Å². The summed E-state index contributed by atoms with van der Waals surface area (Å²) in [6, 6.07) is 12.9. The molecule has 1 aliphatic heterocycles. The van der Waals surface area contributed by atoms with Gasteiger partial charge in [0.15, 0.2) is 5.92 Å². The van der Waals surface area contributed by atoms with Crippen molar-refractivity contribution in [2.24, 2.45) is 10.9 Å². The molecule has 144 valence electrons. The number of nitrogens with one attached hydrogen (secondary N) is 1. The Morgan fingerprint density at radius 3 is 2.25 bits per heavy atom. The van der Waals surface area contributed by atoms with E-state index >= 15 is 0 Å². The van der Waals surface area contributed by atoms with Crippen molar-refractivity contribution in [3.05, 3.63) is 48.5 Å². The maximum atomic E-state index is 12.8. The quantitative estimate of drug-likeness (QED) is 0.635. The Hall–Kier alpha value is -3.68. The van der Waals surface area contributed by atoms with E-state index in [4.69, 9.17) is 4.74 Å². The van der Waals surface area contributed by atoms with E-state index in [2.05, 4.69) is 10.3 Å². The highest BCUT2D eigenvalue weighted by atomic mass is 16.5. The summed E-state index contributed by atoms with van der Waals surface area (Å²) in [6.07, 6.45) is 1.26. The lowest BCUT2D eigenvalue weighted by Gasteiger charge is -2.28. The van der Waals surface area contributed by atoms with Crippen molar-refractivity contribution in [1.82, 2.24) is 5.32 Å². The number of carbonyl (C=O) groups excluding carboxylic acids is 3. The van der Waals surface area contributed by atoms with Gasteiger partial charge in [0.25, 0.3) is 5.91 Å². The number of benzene rings is 2. The van der Waals surface area contributed by atoms with Crippen molar-refractivity contribution in [3.63, 3.8) is 0 Å². The first-order valence-corrected chi connectivity index (χ1v) is 8.55. The second kappa shape index (κ2) is 7.91. The minimum Gasteiger partial charge on any atom is -0.497 e. The first kappa shape index (κ1) is 19.1. The van der Waals surface area contributed by atoms with Crippen LogP contribution in [0.3, 0.4) is 0 Å². The van der Waals surface area contributed by atoms with Gasteiger partial charge in [-0.05, 0) is 48.5 Å². The number of imide groups is 2. The molecule has 1 heterocycles. The number of methoxy groups -OCH3 is 1. The van der Waals surface area contributed by atoms with Gasteiger partial charge in [-0.3, -0.25) is 19.9 Å². The van der Waals surface area contributed by atoms with Crippen LogP contribution in [-0.2, 0) is 9.59 Å². The van der Waals surface area contributed by atoms with Crippen LogP contribution in [-0.4, -0.2) is 45.3 Å². The number of aliphatic imine (C=N–C) groups is 1. The molecule has 0 spiro atoms. The minimum absolute atomic E-state index is 0.338. The van der Waals surface area contributed by atoms with Gasteiger partial charge in [0.1, 0.15) is 5.75 Å². The molecule has 1 N–H and O–H groups in total. The number of ether oxygens (including phenoxy) is 1. The normalized spacial score (nSPS) is 17.0. The Morgan fingerprint density at radius 1 is 1.04 bits per heavy atom. The molecule has 1 aliphatic rings. The Morgan fingerprint density at radius 2 is 1.68 bits per heavy atom. The van der Waals surface area contributed by atoms with Crippen molar-refractivity contribution in [2.45, 2.75) is 0 Å². The summed E-state index contributed by atoms with van der Waals surface area (Å²) >= 11 is 0. The predicted molar refractivity (Wildman–Crippen MR) is 106 cm³/mol. The topological polar surface area (TPSA) is 91.3 Å². The third kappa shape index (κ3) is 3.85. The molecule has 0 bridgehead atoms. The molecule has 8 nitrogen and oxygen atoms in total. The van der Waals surface area contributed by atoms with Crippen molar-refractivity contribution in [3.8, 4) is 5.75 Å². The molecule has 2 aromatic carbocycles. The molecule has 1 saturated heterocycles. The molecular formula is C20H20N4O4. The zero-order valence-corrected chi connectivity index (χ0v) is 15.7. The molecule has 0 unspecified atom stereocenters. The second-order valence-electron chi connectivity index (χ2n) is 6.33. The summed E-state index contributed by atoms with van der Waals surface area (Å²) < 4.78 is 5.08. The van der Waals surface area contributed by atoms with Crippen LogP contribution >= 0.6 is 0 Å². The molecule has 0 aliphatic carbocycles. The number of nitrogens with zero attached hydrogens (tertiary/aromatic N) is 3. The molecule has 1 fully saturated rings. The smallest absolute Gasteiger partial charge is 0.335 e. The molecule has 1 atom stereocenters. The molecular weight excluding hydrogens is 360 g/mol. The Kier molecular flexibility index (Phi) is 5.39. The van der Waals surface area contributed by atoms with Crippen molar-refractivity contribution in [2.75, 3.05) is 31.0 Å². The lowest BCUT2D eigenvalue weighted by Crippen LogP contribution is -2.58. The number of amides is 4. The fraction of sp³-hybridized carbons (Fsp3) is 0.200. The van der Waals surface area contributed by atoms with Gasteiger partial charge in [-0.25, -0.2) is 9.69 Å². The first-order valence-electron chi connectivity index (χ1n) is 8.55. The summed E-state index contributed by atoms with van der Waals surface area (Å²) in [6.45, 7) is 0. The van der Waals surface area contributed by atoms with Gasteiger partial charge in [0, 0.05) is 26.0 Å². The second-order valence-corrected chi connectivity index (χ2v) is 6.33. The number of anilines is 2. The third-order valence-corrected chi connectivity index (χ3v) is 4.27. The highest BCUT2D eigenvalue weighted by molar-refractivity contribution is 6.32. The van der Waals surface area contributed by atoms with Crippen molar-refractivity contribution >= 4 is 41.1 Å². The average molecular weight is 380 g/mol. The van der Waals surface area contributed by atoms with E-state index in [1.807, 2.05) is 31.1 Å². The number of carbonyl (C=O) groups is 3. The van der Waals surface area contributed by atoms with E-state index < -0.39 is 23.8 Å². The fourth-order valence-electron chi connectivity index (χ4n) is 2.70. The number of barbiturate groups is 1. The lowest BCUT2D eigenvalue weighted by molar-refractivity contribution is -0.131. The number of rotatable bonds is 5. The van der Waals surface area contributed by atoms with Gasteiger partial charge in [-0.15, -0.1) is 0 Å². The summed E-state index contributed by atoms with van der Waals surface area (Å²) in [5.74, 6) is -1.97. The number of urea groups is 1. The summed E-state index contributed by atoms with van der Waals surface area (Å²) in [5, 5.41) is 2.20. The standard InChI is InChI=1S/C20H20N4O4/c1-23(2)14-6-4-13(5-7-14)21-12-17-18(25)22-20(27)24(19(17)26)15-8-10-16(28-3)11-9-15/h4-12,17H,1-3H3,(H,22,25,27)/t17-/m1/s1. The van der Waals surface area contributed by atoms with Crippen LogP contribution in [0, 0.1) is 5.92 Å². The van der Waals surface area contributed by atoms with E-state index in [9.17, 15) is 14.4 Å². The Balaban J connectivity index is 1.82. The monoisotopic (exact) mass is 380 g/mol. The SMILES string of the molecule is COc1ccc(N2C(=O)NC(=O)[C@@H](C=Nc3ccc(N(C)C)cc3)C2=O)cc1. The molecule has 3 rings (SSSR count). The largest absolute Gasteiger partial charge is 0.497 e. The average Bonchev–Trinajstić information content (AvgIpc) is 2.68. The highest BCUT2D eigenvalue weighted by Gasteiger charge is 2.40. The summed E-state index contributed by atoms with van der Waals surface area (Å²) in [4.78, 5) is 44.2. The van der Waals surface area contributed by atoms with Crippen LogP contribution in [0.4, 0.5) is 21.9 Å². The van der Waals surface area contributed by atoms with Crippen LogP contribution in [0.25, 0.3) is 0 Å². The molecule has 0 aromatic heterocycles. The van der Waals surface area contributed by atoms with Crippen LogP contribution in [0.15, 0.2) is 53.5 Å². The number of hydrogen-bond acceptors (Lipinski definition) is 6. The summed E-state index contributed by atoms with van der Waals surface area (Å²) in [5.41, 5.74) is 1.94. The molecule has 8 heteroatoms.